The summed E-state index contributed by atoms with van der Waals surface area (Å²) in [5.74, 6) is 0.0276. The van der Waals surface area contributed by atoms with Gasteiger partial charge in [-0.2, -0.15) is 0 Å². The highest BCUT2D eigenvalue weighted by Crippen LogP contribution is 2.24. The fourth-order valence-electron chi connectivity index (χ4n) is 5.33. The van der Waals surface area contributed by atoms with Crippen LogP contribution < -0.4 is 10.5 Å². The van der Waals surface area contributed by atoms with Gasteiger partial charge in [-0.3, -0.25) is 14.2 Å². The Bertz CT molecular complexity index is 1690. The minimum atomic E-state index is -0.101. The summed E-state index contributed by atoms with van der Waals surface area (Å²) >= 11 is 0. The lowest BCUT2D eigenvalue weighted by Crippen LogP contribution is -2.49. The molecule has 0 radical (unpaired) electrons. The SMILES string of the molecule is Cc1cccc(N2CCN(C(=O)c3cccc(Cn4c(=O)c5cccn5c5cccnc54)c3)CC2)c1C. The van der Waals surface area contributed by atoms with Crippen molar-refractivity contribution in [2.45, 2.75) is 20.4 Å². The predicted octanol–water partition coefficient (Wildman–Crippen LogP) is 4.28. The second-order valence-corrected chi connectivity index (χ2v) is 9.70. The van der Waals surface area contributed by atoms with Crippen molar-refractivity contribution in [3.05, 3.63) is 112 Å². The van der Waals surface area contributed by atoms with Gasteiger partial charge in [0.25, 0.3) is 11.5 Å². The summed E-state index contributed by atoms with van der Waals surface area (Å²) in [5, 5.41) is 0. The number of carbonyl (C=O) groups is 1. The molecule has 6 rings (SSSR count). The number of rotatable bonds is 4. The maximum atomic E-state index is 13.4. The van der Waals surface area contributed by atoms with E-state index in [4.69, 9.17) is 0 Å². The van der Waals surface area contributed by atoms with Crippen LogP contribution in [0.3, 0.4) is 0 Å². The number of nitrogens with zero attached hydrogens (tertiary/aromatic N) is 5. The van der Waals surface area contributed by atoms with E-state index in [1.54, 1.807) is 10.8 Å². The summed E-state index contributed by atoms with van der Waals surface area (Å²) in [7, 11) is 0. The van der Waals surface area contributed by atoms with E-state index in [-0.39, 0.29) is 11.5 Å². The van der Waals surface area contributed by atoms with Gasteiger partial charge in [-0.05, 0) is 73.0 Å². The molecule has 5 aromatic rings. The maximum absolute atomic E-state index is 13.4. The van der Waals surface area contributed by atoms with Crippen molar-refractivity contribution in [1.82, 2.24) is 18.9 Å². The largest absolute Gasteiger partial charge is 0.368 e. The van der Waals surface area contributed by atoms with Crippen LogP contribution in [0.1, 0.15) is 27.0 Å². The van der Waals surface area contributed by atoms with E-state index in [0.29, 0.717) is 36.4 Å². The van der Waals surface area contributed by atoms with Crippen molar-refractivity contribution in [3.63, 3.8) is 0 Å². The Morgan fingerprint density at radius 2 is 1.68 bits per heavy atom. The predicted molar refractivity (Wildman–Crippen MR) is 147 cm³/mol. The molecular weight excluding hydrogens is 462 g/mol. The lowest BCUT2D eigenvalue weighted by Gasteiger charge is -2.37. The van der Waals surface area contributed by atoms with Crippen molar-refractivity contribution in [3.8, 4) is 0 Å². The highest BCUT2D eigenvalue weighted by molar-refractivity contribution is 5.94. The van der Waals surface area contributed by atoms with Gasteiger partial charge in [0.2, 0.25) is 0 Å². The highest BCUT2D eigenvalue weighted by atomic mass is 16.2. The Labute approximate surface area is 215 Å². The molecule has 1 aliphatic rings. The smallest absolute Gasteiger partial charge is 0.276 e. The molecule has 1 amide bonds. The maximum Gasteiger partial charge on any atom is 0.276 e. The van der Waals surface area contributed by atoms with Crippen LogP contribution in [0.15, 0.2) is 83.9 Å². The van der Waals surface area contributed by atoms with E-state index >= 15 is 0 Å². The normalized spacial score (nSPS) is 14.0. The quantitative estimate of drug-likeness (QED) is 0.377. The number of pyridine rings is 1. The van der Waals surface area contributed by atoms with Crippen LogP contribution in [-0.4, -0.2) is 50.9 Å². The molecule has 0 bridgehead atoms. The third-order valence-electron chi connectivity index (χ3n) is 7.49. The molecule has 2 aromatic carbocycles. The van der Waals surface area contributed by atoms with E-state index in [2.05, 4.69) is 41.9 Å². The fourth-order valence-corrected chi connectivity index (χ4v) is 5.33. The number of carbonyl (C=O) groups excluding carboxylic acids is 1. The first-order valence-corrected chi connectivity index (χ1v) is 12.7. The number of aromatic nitrogens is 3. The molecule has 0 spiro atoms. The van der Waals surface area contributed by atoms with Gasteiger partial charge in [-0.25, -0.2) is 4.98 Å². The molecule has 1 saturated heterocycles. The highest BCUT2D eigenvalue weighted by Gasteiger charge is 2.23. The van der Waals surface area contributed by atoms with E-state index in [9.17, 15) is 9.59 Å². The summed E-state index contributed by atoms with van der Waals surface area (Å²) in [5.41, 5.74) is 7.37. The molecular formula is C30H29N5O2. The zero-order chi connectivity index (χ0) is 25.5. The van der Waals surface area contributed by atoms with Gasteiger partial charge < -0.3 is 14.2 Å². The summed E-state index contributed by atoms with van der Waals surface area (Å²) in [4.78, 5) is 35.5. The summed E-state index contributed by atoms with van der Waals surface area (Å²) in [6.45, 7) is 7.60. The van der Waals surface area contributed by atoms with E-state index in [1.807, 2.05) is 64.0 Å². The molecule has 4 heterocycles. The second-order valence-electron chi connectivity index (χ2n) is 9.70. The minimum Gasteiger partial charge on any atom is -0.368 e. The Balaban J connectivity index is 1.23. The number of amides is 1. The fraction of sp³-hybridized carbons (Fsp3) is 0.233. The number of benzene rings is 2. The lowest BCUT2D eigenvalue weighted by atomic mass is 10.1. The standard InChI is InChI=1S/C30H29N5O2/c1-21-7-3-10-25(22(21)2)32-15-17-33(18-16-32)29(36)24-9-4-8-23(19-24)20-35-28-26(11-5-13-31-28)34-14-6-12-27(34)30(35)37/h3-14,19H,15-18,20H2,1-2H3. The molecule has 0 unspecified atom stereocenters. The Kier molecular flexibility index (Phi) is 5.75. The van der Waals surface area contributed by atoms with Crippen LogP contribution >= 0.6 is 0 Å². The Morgan fingerprint density at radius 3 is 2.51 bits per heavy atom. The Hall–Kier alpha value is -4.39. The monoisotopic (exact) mass is 491 g/mol. The van der Waals surface area contributed by atoms with Gasteiger partial charge >= 0.3 is 0 Å². The summed E-state index contributed by atoms with van der Waals surface area (Å²) in [6.07, 6.45) is 3.58. The topological polar surface area (TPSA) is 62.8 Å². The van der Waals surface area contributed by atoms with Gasteiger partial charge in [0.15, 0.2) is 5.65 Å². The van der Waals surface area contributed by atoms with Gasteiger partial charge in [0.1, 0.15) is 5.52 Å². The number of anilines is 1. The first kappa shape index (κ1) is 23.0. The summed E-state index contributed by atoms with van der Waals surface area (Å²) < 4.78 is 3.57. The van der Waals surface area contributed by atoms with E-state index < -0.39 is 0 Å². The molecule has 0 aliphatic carbocycles. The molecule has 186 valence electrons. The third-order valence-corrected chi connectivity index (χ3v) is 7.49. The van der Waals surface area contributed by atoms with E-state index in [1.165, 1.54) is 16.8 Å². The average Bonchev–Trinajstić information content (AvgIpc) is 3.43. The van der Waals surface area contributed by atoms with Crippen LogP contribution in [0.2, 0.25) is 0 Å². The van der Waals surface area contributed by atoms with Crippen molar-refractivity contribution in [2.24, 2.45) is 0 Å². The van der Waals surface area contributed by atoms with Crippen LogP contribution in [0, 0.1) is 13.8 Å². The van der Waals surface area contributed by atoms with Crippen molar-refractivity contribution < 1.29 is 4.79 Å². The van der Waals surface area contributed by atoms with Gasteiger partial charge in [0, 0.05) is 49.8 Å². The number of hydrogen-bond acceptors (Lipinski definition) is 4. The van der Waals surface area contributed by atoms with Crippen molar-refractivity contribution in [2.75, 3.05) is 31.1 Å². The van der Waals surface area contributed by atoms with Crippen LogP contribution in [0.25, 0.3) is 16.7 Å². The molecule has 3 aromatic heterocycles. The number of hydrogen-bond donors (Lipinski definition) is 0. The Morgan fingerprint density at radius 1 is 0.892 bits per heavy atom. The third kappa shape index (κ3) is 4.06. The van der Waals surface area contributed by atoms with E-state index in [0.717, 1.165) is 24.2 Å². The zero-order valence-corrected chi connectivity index (χ0v) is 21.1. The average molecular weight is 492 g/mol. The van der Waals surface area contributed by atoms with Crippen molar-refractivity contribution >= 4 is 28.3 Å². The molecule has 7 nitrogen and oxygen atoms in total. The summed E-state index contributed by atoms with van der Waals surface area (Å²) in [6, 6.07) is 21.5. The molecule has 37 heavy (non-hydrogen) atoms. The molecule has 0 atom stereocenters. The molecule has 0 N–H and O–H groups in total. The first-order chi connectivity index (χ1) is 18.0. The van der Waals surface area contributed by atoms with Crippen LogP contribution in [0.4, 0.5) is 5.69 Å². The molecule has 0 saturated carbocycles. The van der Waals surface area contributed by atoms with Gasteiger partial charge in [-0.1, -0.05) is 24.3 Å². The minimum absolute atomic E-state index is 0.0276. The molecule has 7 heteroatoms. The lowest BCUT2D eigenvalue weighted by molar-refractivity contribution is 0.0746. The van der Waals surface area contributed by atoms with Gasteiger partial charge in [-0.15, -0.1) is 0 Å². The molecule has 1 fully saturated rings. The van der Waals surface area contributed by atoms with Crippen LogP contribution in [-0.2, 0) is 6.54 Å². The zero-order valence-electron chi connectivity index (χ0n) is 21.1. The second kappa shape index (κ2) is 9.24. The van der Waals surface area contributed by atoms with Crippen LogP contribution in [0.5, 0.6) is 0 Å². The molecule has 1 aliphatic heterocycles. The van der Waals surface area contributed by atoms with Gasteiger partial charge in [0.05, 0.1) is 12.1 Å². The van der Waals surface area contributed by atoms with Crippen molar-refractivity contribution in [1.29, 1.82) is 0 Å². The number of fused-ring (bicyclic) bond motifs is 3. The number of piperazine rings is 1. The number of aryl methyl sites for hydroxylation is 1. The first-order valence-electron chi connectivity index (χ1n) is 12.7.